The lowest BCUT2D eigenvalue weighted by Crippen LogP contribution is -2.41. The van der Waals surface area contributed by atoms with E-state index in [1.807, 2.05) is 0 Å². The molecule has 1 aliphatic rings. The molecule has 0 aromatic heterocycles. The fourth-order valence-electron chi connectivity index (χ4n) is 1.76. The molecular weight excluding hydrogens is 264 g/mol. The Balaban J connectivity index is 2.01. The standard InChI is InChI=1S/C10H11ClN2O3S/c11-6-1-2-9(10(3-6)13-14)12-7-4-8(5-7)17(15)16/h1-3,7-8,12H,4-5H2,(H,15,16)/p-1. The number of benzene rings is 1. The van der Waals surface area contributed by atoms with Crippen molar-refractivity contribution in [2.45, 2.75) is 24.1 Å². The summed E-state index contributed by atoms with van der Waals surface area (Å²) in [5, 5.41) is 6.12. The van der Waals surface area contributed by atoms with E-state index in [9.17, 15) is 13.7 Å². The van der Waals surface area contributed by atoms with Crippen LogP contribution in [0.1, 0.15) is 12.8 Å². The van der Waals surface area contributed by atoms with Crippen LogP contribution < -0.4 is 5.32 Å². The Hall–Kier alpha value is -0.980. The minimum Gasteiger partial charge on any atom is -0.772 e. The van der Waals surface area contributed by atoms with E-state index in [-0.39, 0.29) is 17.0 Å². The summed E-state index contributed by atoms with van der Waals surface area (Å²) in [5.41, 5.74) is 0.828. The molecule has 7 heteroatoms. The third-order valence-corrected chi connectivity index (χ3v) is 3.95. The molecule has 1 aromatic rings. The number of hydrogen-bond donors (Lipinski definition) is 1. The minimum absolute atomic E-state index is 0.0691. The van der Waals surface area contributed by atoms with Gasteiger partial charge < -0.3 is 9.87 Å². The van der Waals surface area contributed by atoms with E-state index in [0.29, 0.717) is 23.6 Å². The summed E-state index contributed by atoms with van der Waals surface area (Å²) in [6, 6.07) is 4.86. The van der Waals surface area contributed by atoms with Gasteiger partial charge in [-0.25, -0.2) is 0 Å². The van der Waals surface area contributed by atoms with Crippen molar-refractivity contribution in [1.29, 1.82) is 0 Å². The molecule has 0 spiro atoms. The number of halogens is 1. The molecule has 1 atom stereocenters. The molecule has 1 aliphatic carbocycles. The molecule has 1 fully saturated rings. The van der Waals surface area contributed by atoms with Gasteiger partial charge in [0.05, 0.1) is 5.69 Å². The van der Waals surface area contributed by atoms with Gasteiger partial charge in [0.2, 0.25) is 0 Å². The average Bonchev–Trinajstić information content (AvgIpc) is 2.23. The van der Waals surface area contributed by atoms with Crippen LogP contribution >= 0.6 is 11.6 Å². The molecule has 17 heavy (non-hydrogen) atoms. The molecular formula is C10H10ClN2O3S-. The Bertz CT molecular complexity index is 463. The van der Waals surface area contributed by atoms with Crippen LogP contribution in [0.5, 0.6) is 0 Å². The Morgan fingerprint density at radius 2 is 2.18 bits per heavy atom. The van der Waals surface area contributed by atoms with Crippen LogP contribution in [0.25, 0.3) is 0 Å². The summed E-state index contributed by atoms with van der Waals surface area (Å²) in [4.78, 5) is 10.6. The molecule has 1 aromatic carbocycles. The monoisotopic (exact) mass is 273 g/mol. The Kier molecular flexibility index (Phi) is 3.76. The predicted octanol–water partition coefficient (Wildman–Crippen LogP) is 2.56. The zero-order valence-electron chi connectivity index (χ0n) is 8.76. The quantitative estimate of drug-likeness (QED) is 0.675. The fraction of sp³-hybridized carbons (Fsp3) is 0.400. The highest BCUT2D eigenvalue weighted by molar-refractivity contribution is 7.79. The molecule has 0 bridgehead atoms. The van der Waals surface area contributed by atoms with Gasteiger partial charge in [-0.15, -0.1) is 4.91 Å². The van der Waals surface area contributed by atoms with Gasteiger partial charge in [-0.3, -0.25) is 4.21 Å². The normalized spacial score (nSPS) is 24.8. The smallest absolute Gasteiger partial charge is 0.132 e. The maximum Gasteiger partial charge on any atom is 0.132 e. The lowest BCUT2D eigenvalue weighted by molar-refractivity contribution is 0.416. The van der Waals surface area contributed by atoms with E-state index < -0.39 is 11.1 Å². The van der Waals surface area contributed by atoms with Gasteiger partial charge >= 0.3 is 0 Å². The molecule has 1 unspecified atom stereocenters. The summed E-state index contributed by atoms with van der Waals surface area (Å²) in [7, 11) is 0. The first kappa shape index (κ1) is 12.5. The van der Waals surface area contributed by atoms with Crippen LogP contribution in [0.4, 0.5) is 11.4 Å². The molecule has 0 aliphatic heterocycles. The molecule has 92 valence electrons. The molecule has 0 radical (unpaired) electrons. The summed E-state index contributed by atoms with van der Waals surface area (Å²) in [5.74, 6) is 0. The van der Waals surface area contributed by atoms with Crippen LogP contribution in [0, 0.1) is 4.91 Å². The van der Waals surface area contributed by atoms with Crippen LogP contribution in [-0.4, -0.2) is 20.1 Å². The highest BCUT2D eigenvalue weighted by atomic mass is 35.5. The number of nitrogens with one attached hydrogen (secondary N) is 1. The molecule has 1 saturated carbocycles. The van der Waals surface area contributed by atoms with Crippen molar-refractivity contribution in [3.8, 4) is 0 Å². The zero-order chi connectivity index (χ0) is 12.4. The van der Waals surface area contributed by atoms with Gasteiger partial charge in [0.25, 0.3) is 0 Å². The predicted molar refractivity (Wildman–Crippen MR) is 66.3 cm³/mol. The molecule has 2 rings (SSSR count). The largest absolute Gasteiger partial charge is 0.772 e. The molecule has 0 amide bonds. The number of rotatable bonds is 4. The van der Waals surface area contributed by atoms with Gasteiger partial charge in [0.1, 0.15) is 5.69 Å². The maximum atomic E-state index is 10.6. The van der Waals surface area contributed by atoms with E-state index >= 15 is 0 Å². The first-order valence-corrected chi connectivity index (χ1v) is 6.59. The average molecular weight is 274 g/mol. The van der Waals surface area contributed by atoms with E-state index in [0.717, 1.165) is 0 Å². The van der Waals surface area contributed by atoms with E-state index in [2.05, 4.69) is 10.5 Å². The lowest BCUT2D eigenvalue weighted by atomic mass is 9.92. The van der Waals surface area contributed by atoms with Crippen molar-refractivity contribution in [2.24, 2.45) is 5.18 Å². The highest BCUT2D eigenvalue weighted by Gasteiger charge is 2.30. The van der Waals surface area contributed by atoms with Crippen molar-refractivity contribution in [3.05, 3.63) is 28.1 Å². The van der Waals surface area contributed by atoms with Gasteiger partial charge in [-0.1, -0.05) is 22.7 Å². The lowest BCUT2D eigenvalue weighted by Gasteiger charge is -2.37. The maximum absolute atomic E-state index is 10.6. The van der Waals surface area contributed by atoms with Crippen LogP contribution in [0.2, 0.25) is 5.02 Å². The Morgan fingerprint density at radius 3 is 2.76 bits per heavy atom. The van der Waals surface area contributed by atoms with Gasteiger partial charge in [-0.2, -0.15) is 0 Å². The van der Waals surface area contributed by atoms with Crippen LogP contribution in [0.15, 0.2) is 23.4 Å². The molecule has 0 saturated heterocycles. The number of anilines is 1. The third-order valence-electron chi connectivity index (χ3n) is 2.78. The van der Waals surface area contributed by atoms with E-state index in [4.69, 9.17) is 11.6 Å². The van der Waals surface area contributed by atoms with Gasteiger partial charge in [0, 0.05) is 16.3 Å². The summed E-state index contributed by atoms with van der Waals surface area (Å²) >= 11 is 3.73. The number of nitrogens with zero attached hydrogens (tertiary/aromatic N) is 1. The van der Waals surface area contributed by atoms with Crippen molar-refractivity contribution >= 4 is 34.1 Å². The summed E-state index contributed by atoms with van der Waals surface area (Å²) in [6.07, 6.45) is 1.11. The van der Waals surface area contributed by atoms with Crippen LogP contribution in [-0.2, 0) is 11.1 Å². The molecule has 1 N–H and O–H groups in total. The highest BCUT2D eigenvalue weighted by Crippen LogP contribution is 2.33. The first-order chi connectivity index (χ1) is 8.10. The second-order valence-electron chi connectivity index (χ2n) is 3.95. The number of hydrogen-bond acceptors (Lipinski definition) is 5. The van der Waals surface area contributed by atoms with E-state index in [1.165, 1.54) is 6.07 Å². The number of nitroso groups, excluding NO2 is 1. The van der Waals surface area contributed by atoms with Crippen LogP contribution in [0.3, 0.4) is 0 Å². The first-order valence-electron chi connectivity index (χ1n) is 5.07. The minimum atomic E-state index is -2.01. The van der Waals surface area contributed by atoms with E-state index in [1.54, 1.807) is 12.1 Å². The second-order valence-corrected chi connectivity index (χ2v) is 5.57. The van der Waals surface area contributed by atoms with Crippen molar-refractivity contribution in [1.82, 2.24) is 0 Å². The SMILES string of the molecule is O=Nc1cc(Cl)ccc1NC1CC(S(=O)[O-])C1. The Morgan fingerprint density at radius 1 is 1.47 bits per heavy atom. The zero-order valence-corrected chi connectivity index (χ0v) is 10.3. The van der Waals surface area contributed by atoms with Gasteiger partial charge in [-0.05, 0) is 36.2 Å². The molecule has 5 nitrogen and oxygen atoms in total. The van der Waals surface area contributed by atoms with Gasteiger partial charge in [0.15, 0.2) is 0 Å². The third kappa shape index (κ3) is 2.83. The summed E-state index contributed by atoms with van der Waals surface area (Å²) in [6.45, 7) is 0. The van der Waals surface area contributed by atoms with Crippen molar-refractivity contribution in [2.75, 3.05) is 5.32 Å². The second kappa shape index (κ2) is 5.12. The summed E-state index contributed by atoms with van der Waals surface area (Å²) < 4.78 is 21.3. The Labute approximate surface area is 106 Å². The van der Waals surface area contributed by atoms with Crippen molar-refractivity contribution in [3.63, 3.8) is 0 Å². The molecule has 0 heterocycles. The van der Waals surface area contributed by atoms with Crippen molar-refractivity contribution < 1.29 is 8.76 Å². The fourth-order valence-corrected chi connectivity index (χ4v) is 2.71. The topological polar surface area (TPSA) is 81.6 Å².